The number of urea groups is 1. The van der Waals surface area contributed by atoms with Crippen LogP contribution in [0.5, 0.6) is 0 Å². The highest BCUT2D eigenvalue weighted by atomic mass is 16.6. The molecule has 1 aliphatic heterocycles. The molecule has 1 rings (SSSR count). The summed E-state index contributed by atoms with van der Waals surface area (Å²) < 4.78 is 12.0. The first-order valence-corrected chi connectivity index (χ1v) is 9.49. The number of carbonyl (C=O) groups is 1. The number of hydrogen-bond acceptors (Lipinski definition) is 3. The first kappa shape index (κ1) is 20.2. The van der Waals surface area contributed by atoms with Crippen LogP contribution < -0.4 is 5.32 Å². The Morgan fingerprint density at radius 3 is 2.30 bits per heavy atom. The zero-order valence-corrected chi connectivity index (χ0v) is 15.5. The minimum absolute atomic E-state index is 0.0651. The highest BCUT2D eigenvalue weighted by Gasteiger charge is 2.53. The summed E-state index contributed by atoms with van der Waals surface area (Å²) in [6.07, 6.45) is 8.73. The topological polar surface area (TPSA) is 50.8 Å². The molecule has 2 atom stereocenters. The number of amides is 2. The zero-order chi connectivity index (χ0) is 17.1. The van der Waals surface area contributed by atoms with Gasteiger partial charge in [-0.25, -0.2) is 4.79 Å². The summed E-state index contributed by atoms with van der Waals surface area (Å²) >= 11 is 0. The van der Waals surface area contributed by atoms with Gasteiger partial charge in [0.15, 0.2) is 12.0 Å². The summed E-state index contributed by atoms with van der Waals surface area (Å²) in [7, 11) is 0. The van der Waals surface area contributed by atoms with Crippen LogP contribution in [0.1, 0.15) is 79.1 Å². The van der Waals surface area contributed by atoms with Crippen LogP contribution in [-0.2, 0) is 9.47 Å². The fraction of sp³-hybridized carbons (Fsp3) is 0.944. The number of carbonyl (C=O) groups excluding carboxylic acids is 1. The second-order valence-corrected chi connectivity index (χ2v) is 6.23. The van der Waals surface area contributed by atoms with E-state index in [1.165, 1.54) is 32.1 Å². The molecule has 2 unspecified atom stereocenters. The third-order valence-corrected chi connectivity index (χ3v) is 4.43. The van der Waals surface area contributed by atoms with Gasteiger partial charge in [0.2, 0.25) is 0 Å². The van der Waals surface area contributed by atoms with E-state index >= 15 is 0 Å². The SMILES string of the molecule is CCCCCCCCC1(OCC)C(OCC)NC(=O)N1CCC. The minimum Gasteiger partial charge on any atom is -0.354 e. The molecule has 0 aliphatic carbocycles. The van der Waals surface area contributed by atoms with E-state index in [9.17, 15) is 4.79 Å². The number of ether oxygens (including phenoxy) is 2. The van der Waals surface area contributed by atoms with Crippen molar-refractivity contribution < 1.29 is 14.3 Å². The van der Waals surface area contributed by atoms with E-state index in [2.05, 4.69) is 19.2 Å². The van der Waals surface area contributed by atoms with E-state index in [4.69, 9.17) is 9.47 Å². The minimum atomic E-state index is -0.650. The van der Waals surface area contributed by atoms with Crippen LogP contribution in [0.2, 0.25) is 0 Å². The zero-order valence-electron chi connectivity index (χ0n) is 15.5. The molecular weight excluding hydrogens is 292 g/mol. The highest BCUT2D eigenvalue weighted by molar-refractivity contribution is 5.78. The third-order valence-electron chi connectivity index (χ3n) is 4.43. The van der Waals surface area contributed by atoms with Crippen molar-refractivity contribution in [2.24, 2.45) is 0 Å². The van der Waals surface area contributed by atoms with Crippen molar-refractivity contribution in [2.75, 3.05) is 19.8 Å². The van der Waals surface area contributed by atoms with Crippen molar-refractivity contribution in [3.8, 4) is 0 Å². The van der Waals surface area contributed by atoms with Crippen LogP contribution in [0.3, 0.4) is 0 Å². The van der Waals surface area contributed by atoms with Crippen molar-refractivity contribution in [1.29, 1.82) is 0 Å². The molecular formula is C18H36N2O3. The lowest BCUT2D eigenvalue weighted by molar-refractivity contribution is -0.194. The van der Waals surface area contributed by atoms with Crippen molar-refractivity contribution in [3.63, 3.8) is 0 Å². The molecule has 5 nitrogen and oxygen atoms in total. The molecule has 0 aromatic carbocycles. The van der Waals surface area contributed by atoms with Gasteiger partial charge < -0.3 is 14.8 Å². The monoisotopic (exact) mass is 328 g/mol. The smallest absolute Gasteiger partial charge is 0.321 e. The van der Waals surface area contributed by atoms with Gasteiger partial charge in [0.05, 0.1) is 0 Å². The molecule has 0 radical (unpaired) electrons. The molecule has 2 amide bonds. The number of hydrogen-bond donors (Lipinski definition) is 1. The number of rotatable bonds is 13. The van der Waals surface area contributed by atoms with E-state index in [0.717, 1.165) is 19.3 Å². The third kappa shape index (κ3) is 5.35. The standard InChI is InChI=1S/C18H36N2O3/c1-5-9-10-11-12-13-14-18(23-8-4)16(22-7-3)19-17(21)20(18)15-6-2/h16H,5-15H2,1-4H3,(H,19,21). The number of unbranched alkanes of at least 4 members (excludes halogenated alkanes) is 5. The number of nitrogens with one attached hydrogen (secondary N) is 1. The van der Waals surface area contributed by atoms with Gasteiger partial charge in [0.25, 0.3) is 0 Å². The Labute approximate surface area is 142 Å². The van der Waals surface area contributed by atoms with Crippen LogP contribution in [-0.4, -0.2) is 42.6 Å². The molecule has 1 aliphatic rings. The summed E-state index contributed by atoms with van der Waals surface area (Å²) in [5.74, 6) is 0. The van der Waals surface area contributed by atoms with Gasteiger partial charge in [-0.05, 0) is 26.7 Å². The normalized spacial score (nSPS) is 24.3. The molecule has 136 valence electrons. The predicted octanol–water partition coefficient (Wildman–Crippen LogP) is 4.27. The maximum Gasteiger partial charge on any atom is 0.321 e. The Hall–Kier alpha value is -0.810. The predicted molar refractivity (Wildman–Crippen MR) is 93.3 cm³/mol. The fourth-order valence-corrected chi connectivity index (χ4v) is 3.37. The van der Waals surface area contributed by atoms with Gasteiger partial charge in [-0.2, -0.15) is 0 Å². The van der Waals surface area contributed by atoms with Crippen LogP contribution in [0, 0.1) is 0 Å². The van der Waals surface area contributed by atoms with Gasteiger partial charge in [-0.1, -0.05) is 46.0 Å². The van der Waals surface area contributed by atoms with Crippen molar-refractivity contribution in [3.05, 3.63) is 0 Å². The molecule has 1 N–H and O–H groups in total. The van der Waals surface area contributed by atoms with E-state index in [1.54, 1.807) is 0 Å². The second-order valence-electron chi connectivity index (χ2n) is 6.23. The van der Waals surface area contributed by atoms with Crippen molar-refractivity contribution in [1.82, 2.24) is 10.2 Å². The molecule has 0 spiro atoms. The summed E-state index contributed by atoms with van der Waals surface area (Å²) in [6, 6.07) is -0.0651. The quantitative estimate of drug-likeness (QED) is 0.514. The summed E-state index contributed by atoms with van der Waals surface area (Å²) in [5.41, 5.74) is -0.650. The summed E-state index contributed by atoms with van der Waals surface area (Å²) in [4.78, 5) is 14.2. The molecule has 1 saturated heterocycles. The molecule has 0 saturated carbocycles. The Kier molecular flexibility index (Phi) is 9.56. The maximum absolute atomic E-state index is 12.4. The second kappa shape index (κ2) is 10.9. The van der Waals surface area contributed by atoms with Gasteiger partial charge in [-0.3, -0.25) is 4.90 Å². The van der Waals surface area contributed by atoms with Gasteiger partial charge in [0.1, 0.15) is 0 Å². The Morgan fingerprint density at radius 2 is 1.70 bits per heavy atom. The lowest BCUT2D eigenvalue weighted by Crippen LogP contribution is -2.55. The lowest BCUT2D eigenvalue weighted by atomic mass is 10.0. The van der Waals surface area contributed by atoms with Gasteiger partial charge >= 0.3 is 6.03 Å². The van der Waals surface area contributed by atoms with E-state index in [1.807, 2.05) is 18.7 Å². The van der Waals surface area contributed by atoms with Crippen LogP contribution >= 0.6 is 0 Å². The Bertz CT molecular complexity index is 338. The first-order valence-electron chi connectivity index (χ1n) is 9.49. The molecule has 5 heteroatoms. The van der Waals surface area contributed by atoms with E-state index in [-0.39, 0.29) is 12.3 Å². The Morgan fingerprint density at radius 1 is 1.00 bits per heavy atom. The number of nitrogens with zero attached hydrogens (tertiary/aromatic N) is 1. The lowest BCUT2D eigenvalue weighted by Gasteiger charge is -2.40. The average molecular weight is 328 g/mol. The average Bonchev–Trinajstić information content (AvgIpc) is 2.77. The highest BCUT2D eigenvalue weighted by Crippen LogP contribution is 2.34. The molecule has 0 aromatic rings. The Balaban J connectivity index is 2.74. The van der Waals surface area contributed by atoms with Crippen molar-refractivity contribution >= 4 is 6.03 Å². The molecule has 0 bridgehead atoms. The van der Waals surface area contributed by atoms with Gasteiger partial charge in [0, 0.05) is 26.2 Å². The fourth-order valence-electron chi connectivity index (χ4n) is 3.37. The van der Waals surface area contributed by atoms with E-state index < -0.39 is 5.72 Å². The maximum atomic E-state index is 12.4. The van der Waals surface area contributed by atoms with Crippen LogP contribution in [0.15, 0.2) is 0 Å². The molecule has 1 fully saturated rings. The molecule has 1 heterocycles. The largest absolute Gasteiger partial charge is 0.354 e. The summed E-state index contributed by atoms with van der Waals surface area (Å²) in [6.45, 7) is 10.1. The molecule has 23 heavy (non-hydrogen) atoms. The van der Waals surface area contributed by atoms with E-state index in [0.29, 0.717) is 19.8 Å². The molecule has 0 aromatic heterocycles. The summed E-state index contributed by atoms with van der Waals surface area (Å²) in [5, 5.41) is 2.97. The first-order chi connectivity index (χ1) is 11.2. The van der Waals surface area contributed by atoms with Crippen molar-refractivity contribution in [2.45, 2.75) is 91.0 Å². The van der Waals surface area contributed by atoms with Gasteiger partial charge in [-0.15, -0.1) is 0 Å². The van der Waals surface area contributed by atoms with Crippen LogP contribution in [0.4, 0.5) is 4.79 Å². The van der Waals surface area contributed by atoms with Crippen LogP contribution in [0.25, 0.3) is 0 Å².